The smallest absolute Gasteiger partial charge is 0.411 e. The van der Waals surface area contributed by atoms with Crippen molar-refractivity contribution >= 4 is 23.7 Å². The molecule has 8 nitrogen and oxygen atoms in total. The molecule has 1 aromatic heterocycles. The first kappa shape index (κ1) is 21.2. The fraction of sp³-hybridized carbons (Fsp3) is 0.208. The Hall–Kier alpha value is -4.07. The molecule has 8 heteroatoms. The number of amides is 2. The molecule has 1 atom stereocenters. The van der Waals surface area contributed by atoms with Gasteiger partial charge < -0.3 is 19.2 Å². The summed E-state index contributed by atoms with van der Waals surface area (Å²) in [5.41, 5.74) is 4.53. The number of aliphatic carboxylic acids is 1. The third kappa shape index (κ3) is 3.82. The second-order valence-electron chi connectivity index (χ2n) is 7.54. The minimum atomic E-state index is -1.15. The molecular weight excluding hydrogens is 412 g/mol. The Balaban J connectivity index is 1.45. The summed E-state index contributed by atoms with van der Waals surface area (Å²) >= 11 is 0. The van der Waals surface area contributed by atoms with Crippen molar-refractivity contribution in [1.29, 1.82) is 0 Å². The second kappa shape index (κ2) is 8.58. The average Bonchev–Trinajstić information content (AvgIpc) is 3.38. The standard InChI is InChI=1S/C24H22N2O6/c1-14(23(28)29)26(2)22(27)21-20(11-12-31-21)25-24(30)32-13-19-17-9-5-3-7-15(17)16-8-4-6-10-18(16)19/h3-12,14,19H,13H2,1-2H3,(H,25,30)(H,28,29)/t14-/m0/s1. The maximum absolute atomic E-state index is 12.6. The summed E-state index contributed by atoms with van der Waals surface area (Å²) in [4.78, 5) is 37.2. The number of carboxylic acids is 1. The van der Waals surface area contributed by atoms with Gasteiger partial charge in [-0.25, -0.2) is 9.59 Å². The van der Waals surface area contributed by atoms with E-state index in [1.54, 1.807) is 0 Å². The molecule has 2 N–H and O–H groups in total. The van der Waals surface area contributed by atoms with Gasteiger partial charge in [0, 0.05) is 19.0 Å². The number of fused-ring (bicyclic) bond motifs is 3. The fourth-order valence-corrected chi connectivity index (χ4v) is 3.82. The van der Waals surface area contributed by atoms with E-state index in [2.05, 4.69) is 5.32 Å². The monoisotopic (exact) mass is 434 g/mol. The molecule has 0 spiro atoms. The van der Waals surface area contributed by atoms with Crippen molar-refractivity contribution in [3.63, 3.8) is 0 Å². The zero-order valence-corrected chi connectivity index (χ0v) is 17.6. The summed E-state index contributed by atoms with van der Waals surface area (Å²) < 4.78 is 10.7. The summed E-state index contributed by atoms with van der Waals surface area (Å²) in [6.07, 6.45) is 0.502. The lowest BCUT2D eigenvalue weighted by molar-refractivity contribution is -0.141. The number of nitrogens with one attached hydrogen (secondary N) is 1. The Kier molecular flexibility index (Phi) is 5.68. The van der Waals surface area contributed by atoms with Crippen LogP contribution < -0.4 is 5.32 Å². The van der Waals surface area contributed by atoms with Crippen LogP contribution in [0.25, 0.3) is 11.1 Å². The van der Waals surface area contributed by atoms with Crippen molar-refractivity contribution in [3.8, 4) is 11.1 Å². The number of likely N-dealkylation sites (N-methyl/N-ethyl adjacent to an activating group) is 1. The number of nitrogens with zero attached hydrogens (tertiary/aromatic N) is 1. The highest BCUT2D eigenvalue weighted by molar-refractivity contribution is 6.01. The van der Waals surface area contributed by atoms with Crippen LogP contribution in [0.1, 0.15) is 34.5 Å². The first-order valence-corrected chi connectivity index (χ1v) is 10.1. The first-order valence-electron chi connectivity index (χ1n) is 10.1. The fourth-order valence-electron chi connectivity index (χ4n) is 3.82. The van der Waals surface area contributed by atoms with Crippen LogP contribution in [0.3, 0.4) is 0 Å². The molecule has 1 heterocycles. The van der Waals surface area contributed by atoms with E-state index in [1.807, 2.05) is 48.5 Å². The molecule has 0 unspecified atom stereocenters. The summed E-state index contributed by atoms with van der Waals surface area (Å²) in [6, 6.07) is 16.4. The molecule has 4 rings (SSSR count). The molecule has 0 aliphatic heterocycles. The van der Waals surface area contributed by atoms with Gasteiger partial charge in [0.25, 0.3) is 5.91 Å². The molecule has 0 radical (unpaired) electrons. The zero-order chi connectivity index (χ0) is 22.8. The molecular formula is C24H22N2O6. The van der Waals surface area contributed by atoms with Gasteiger partial charge in [-0.3, -0.25) is 10.1 Å². The van der Waals surface area contributed by atoms with Crippen LogP contribution in [0, 0.1) is 0 Å². The SMILES string of the molecule is C[C@@H](C(=O)O)N(C)C(=O)c1occc1NC(=O)OCC1c2ccccc2-c2ccccc21. The van der Waals surface area contributed by atoms with Crippen molar-refractivity contribution in [2.75, 3.05) is 19.0 Å². The van der Waals surface area contributed by atoms with Crippen molar-refractivity contribution < 1.29 is 28.6 Å². The van der Waals surface area contributed by atoms with Gasteiger partial charge >= 0.3 is 12.1 Å². The molecule has 1 aliphatic rings. The topological polar surface area (TPSA) is 109 Å². The molecule has 2 aromatic carbocycles. The van der Waals surface area contributed by atoms with Gasteiger partial charge in [-0.2, -0.15) is 0 Å². The van der Waals surface area contributed by atoms with Gasteiger partial charge in [0.1, 0.15) is 12.6 Å². The number of carbonyl (C=O) groups is 3. The third-order valence-corrected chi connectivity index (χ3v) is 5.70. The minimum absolute atomic E-state index is 0.0962. The van der Waals surface area contributed by atoms with Crippen molar-refractivity contribution in [2.24, 2.45) is 0 Å². The number of ether oxygens (including phenoxy) is 1. The summed E-state index contributed by atoms with van der Waals surface area (Å²) in [7, 11) is 1.35. The van der Waals surface area contributed by atoms with E-state index in [1.165, 1.54) is 26.3 Å². The zero-order valence-electron chi connectivity index (χ0n) is 17.6. The van der Waals surface area contributed by atoms with Crippen LogP contribution in [-0.4, -0.2) is 47.7 Å². The van der Waals surface area contributed by atoms with E-state index in [4.69, 9.17) is 14.3 Å². The van der Waals surface area contributed by atoms with Gasteiger partial charge in [0.05, 0.1) is 12.0 Å². The molecule has 2 amide bonds. The van der Waals surface area contributed by atoms with E-state index in [0.29, 0.717) is 0 Å². The number of hydrogen-bond donors (Lipinski definition) is 2. The summed E-state index contributed by atoms with van der Waals surface area (Å²) in [6.45, 7) is 1.50. The first-order chi connectivity index (χ1) is 15.4. The molecule has 0 bridgehead atoms. The summed E-state index contributed by atoms with van der Waals surface area (Å²) in [5, 5.41) is 11.6. The predicted octanol–water partition coefficient (Wildman–Crippen LogP) is 4.19. The summed E-state index contributed by atoms with van der Waals surface area (Å²) in [5.74, 6) is -2.09. The number of furan rings is 1. The van der Waals surface area contributed by atoms with E-state index >= 15 is 0 Å². The number of carbonyl (C=O) groups excluding carboxylic acids is 2. The van der Waals surface area contributed by atoms with Crippen molar-refractivity contribution in [2.45, 2.75) is 18.9 Å². The van der Waals surface area contributed by atoms with Gasteiger partial charge in [-0.1, -0.05) is 48.5 Å². The highest BCUT2D eigenvalue weighted by Gasteiger charge is 2.30. The van der Waals surface area contributed by atoms with E-state index in [9.17, 15) is 14.4 Å². The van der Waals surface area contributed by atoms with Crippen LogP contribution in [0.15, 0.2) is 65.3 Å². The Morgan fingerprint density at radius 3 is 2.25 bits per heavy atom. The highest BCUT2D eigenvalue weighted by Crippen LogP contribution is 2.44. The highest BCUT2D eigenvalue weighted by atomic mass is 16.5. The maximum atomic E-state index is 12.6. The Morgan fingerprint density at radius 2 is 1.66 bits per heavy atom. The van der Waals surface area contributed by atoms with Crippen molar-refractivity contribution in [1.82, 2.24) is 4.90 Å². The molecule has 32 heavy (non-hydrogen) atoms. The van der Waals surface area contributed by atoms with Crippen LogP contribution in [-0.2, 0) is 9.53 Å². The number of anilines is 1. The Labute approximate surface area is 184 Å². The number of benzene rings is 2. The maximum Gasteiger partial charge on any atom is 0.411 e. The number of hydrogen-bond acceptors (Lipinski definition) is 5. The van der Waals surface area contributed by atoms with Crippen LogP contribution >= 0.6 is 0 Å². The normalized spacial score (nSPS) is 13.1. The minimum Gasteiger partial charge on any atom is -0.480 e. The molecule has 1 aliphatic carbocycles. The number of carboxylic acid groups (broad SMARTS) is 1. The second-order valence-corrected chi connectivity index (χ2v) is 7.54. The lowest BCUT2D eigenvalue weighted by Crippen LogP contribution is -2.40. The van der Waals surface area contributed by atoms with Gasteiger partial charge in [0.2, 0.25) is 5.76 Å². The van der Waals surface area contributed by atoms with E-state index in [-0.39, 0.29) is 24.0 Å². The van der Waals surface area contributed by atoms with Gasteiger partial charge in [-0.15, -0.1) is 0 Å². The third-order valence-electron chi connectivity index (χ3n) is 5.70. The number of rotatable bonds is 6. The Bertz CT molecular complexity index is 1140. The molecule has 0 saturated heterocycles. The Morgan fingerprint density at radius 1 is 1.06 bits per heavy atom. The lowest BCUT2D eigenvalue weighted by Gasteiger charge is -2.20. The predicted molar refractivity (Wildman–Crippen MR) is 117 cm³/mol. The van der Waals surface area contributed by atoms with Crippen LogP contribution in [0.4, 0.5) is 10.5 Å². The van der Waals surface area contributed by atoms with E-state index < -0.39 is 24.0 Å². The molecule has 0 saturated carbocycles. The lowest BCUT2D eigenvalue weighted by atomic mass is 9.98. The van der Waals surface area contributed by atoms with Crippen molar-refractivity contribution in [3.05, 3.63) is 77.7 Å². The molecule has 0 fully saturated rings. The van der Waals surface area contributed by atoms with Crippen LogP contribution in [0.2, 0.25) is 0 Å². The molecule has 164 valence electrons. The van der Waals surface area contributed by atoms with E-state index in [0.717, 1.165) is 27.2 Å². The largest absolute Gasteiger partial charge is 0.480 e. The quantitative estimate of drug-likeness (QED) is 0.602. The molecule has 3 aromatic rings. The average molecular weight is 434 g/mol. The van der Waals surface area contributed by atoms with Crippen LogP contribution in [0.5, 0.6) is 0 Å². The van der Waals surface area contributed by atoms with Gasteiger partial charge in [0.15, 0.2) is 0 Å². The van der Waals surface area contributed by atoms with Gasteiger partial charge in [-0.05, 0) is 29.2 Å².